The summed E-state index contributed by atoms with van der Waals surface area (Å²) in [5.41, 5.74) is 0.680. The van der Waals surface area contributed by atoms with Crippen LogP contribution in [0.2, 0.25) is 0 Å². The lowest BCUT2D eigenvalue weighted by molar-refractivity contribution is 0.607. The summed E-state index contributed by atoms with van der Waals surface area (Å²) in [6, 6.07) is 11.1. The summed E-state index contributed by atoms with van der Waals surface area (Å²) in [7, 11) is 0. The van der Waals surface area contributed by atoms with Crippen LogP contribution >= 0.6 is 35.3 Å². The number of guanidine groups is 1. The SMILES string of the molecule is CCc1nncn1CCNC(=NCCc1ccccc1F)NC(C)c1cccs1.I. The molecular formula is C21H28FIN6S. The van der Waals surface area contributed by atoms with Gasteiger partial charge < -0.3 is 15.2 Å². The minimum atomic E-state index is -0.183. The van der Waals surface area contributed by atoms with Gasteiger partial charge in [-0.25, -0.2) is 4.39 Å². The summed E-state index contributed by atoms with van der Waals surface area (Å²) in [5, 5.41) is 17.0. The zero-order valence-electron chi connectivity index (χ0n) is 17.2. The Hall–Kier alpha value is -2.01. The van der Waals surface area contributed by atoms with Crippen LogP contribution in [-0.2, 0) is 19.4 Å². The minimum absolute atomic E-state index is 0. The third-order valence-electron chi connectivity index (χ3n) is 4.59. The molecule has 2 heterocycles. The smallest absolute Gasteiger partial charge is 0.191 e. The molecule has 6 nitrogen and oxygen atoms in total. The van der Waals surface area contributed by atoms with Crippen molar-refractivity contribution in [1.29, 1.82) is 0 Å². The normalized spacial score (nSPS) is 12.3. The Bertz CT molecular complexity index is 912. The van der Waals surface area contributed by atoms with Crippen LogP contribution in [0.3, 0.4) is 0 Å². The number of halogens is 2. The van der Waals surface area contributed by atoms with Crippen molar-refractivity contribution >= 4 is 41.3 Å². The predicted octanol–water partition coefficient (Wildman–Crippen LogP) is 4.20. The second-order valence-electron chi connectivity index (χ2n) is 6.67. The van der Waals surface area contributed by atoms with Gasteiger partial charge in [-0.15, -0.1) is 45.5 Å². The Morgan fingerprint density at radius 3 is 2.83 bits per heavy atom. The highest BCUT2D eigenvalue weighted by atomic mass is 127. The fourth-order valence-electron chi connectivity index (χ4n) is 2.99. The van der Waals surface area contributed by atoms with Crippen molar-refractivity contribution in [2.45, 2.75) is 39.3 Å². The maximum absolute atomic E-state index is 13.8. The number of aromatic nitrogens is 3. The lowest BCUT2D eigenvalue weighted by atomic mass is 10.1. The largest absolute Gasteiger partial charge is 0.355 e. The maximum Gasteiger partial charge on any atom is 0.191 e. The lowest BCUT2D eigenvalue weighted by Gasteiger charge is -2.18. The Balaban J connectivity index is 0.00000320. The van der Waals surface area contributed by atoms with Crippen LogP contribution < -0.4 is 10.6 Å². The molecule has 0 saturated carbocycles. The monoisotopic (exact) mass is 542 g/mol. The van der Waals surface area contributed by atoms with Crippen LogP contribution in [0.1, 0.15) is 36.2 Å². The molecule has 0 saturated heterocycles. The van der Waals surface area contributed by atoms with E-state index in [-0.39, 0.29) is 35.8 Å². The molecule has 0 fully saturated rings. The molecule has 0 amide bonds. The van der Waals surface area contributed by atoms with Crippen LogP contribution in [-0.4, -0.2) is 33.8 Å². The molecule has 3 rings (SSSR count). The topological polar surface area (TPSA) is 67.1 Å². The van der Waals surface area contributed by atoms with Gasteiger partial charge in [-0.2, -0.15) is 0 Å². The lowest BCUT2D eigenvalue weighted by Crippen LogP contribution is -2.40. The van der Waals surface area contributed by atoms with E-state index in [4.69, 9.17) is 0 Å². The Labute approximate surface area is 198 Å². The zero-order chi connectivity index (χ0) is 20.5. The second kappa shape index (κ2) is 12.6. The Kier molecular flexibility index (Phi) is 10.2. The summed E-state index contributed by atoms with van der Waals surface area (Å²) in [5.74, 6) is 1.50. The number of thiophene rings is 1. The van der Waals surface area contributed by atoms with E-state index >= 15 is 0 Å². The first-order valence-electron chi connectivity index (χ1n) is 9.85. The molecule has 1 aromatic carbocycles. The van der Waals surface area contributed by atoms with Gasteiger partial charge in [-0.1, -0.05) is 31.2 Å². The molecule has 0 aliphatic heterocycles. The molecule has 3 aromatic rings. The highest BCUT2D eigenvalue weighted by Crippen LogP contribution is 2.17. The zero-order valence-corrected chi connectivity index (χ0v) is 20.4. The first kappa shape index (κ1) is 24.3. The fraction of sp³-hybridized carbons (Fsp3) is 0.381. The summed E-state index contributed by atoms with van der Waals surface area (Å²) >= 11 is 1.71. The molecule has 0 aliphatic carbocycles. The van der Waals surface area contributed by atoms with Gasteiger partial charge in [0.2, 0.25) is 0 Å². The van der Waals surface area contributed by atoms with E-state index in [1.165, 1.54) is 10.9 Å². The highest BCUT2D eigenvalue weighted by molar-refractivity contribution is 14.0. The molecule has 30 heavy (non-hydrogen) atoms. The molecular weight excluding hydrogens is 514 g/mol. The van der Waals surface area contributed by atoms with Gasteiger partial charge >= 0.3 is 0 Å². The van der Waals surface area contributed by atoms with Crippen LogP contribution in [0.15, 0.2) is 53.1 Å². The number of aliphatic imine (C=N–C) groups is 1. The number of hydrogen-bond acceptors (Lipinski definition) is 4. The number of hydrogen-bond donors (Lipinski definition) is 2. The van der Waals surface area contributed by atoms with Gasteiger partial charge in [0.05, 0.1) is 6.04 Å². The van der Waals surface area contributed by atoms with E-state index in [0.29, 0.717) is 31.0 Å². The average molecular weight is 542 g/mol. The number of nitrogens with one attached hydrogen (secondary N) is 2. The summed E-state index contributed by atoms with van der Waals surface area (Å²) in [4.78, 5) is 5.90. The first-order chi connectivity index (χ1) is 14.2. The van der Waals surface area contributed by atoms with Crippen molar-refractivity contribution in [2.24, 2.45) is 4.99 Å². The number of nitrogens with zero attached hydrogens (tertiary/aromatic N) is 4. The molecule has 0 bridgehead atoms. The van der Waals surface area contributed by atoms with Crippen molar-refractivity contribution in [2.75, 3.05) is 13.1 Å². The highest BCUT2D eigenvalue weighted by Gasteiger charge is 2.10. The molecule has 0 radical (unpaired) electrons. The van der Waals surface area contributed by atoms with Crippen LogP contribution in [0, 0.1) is 5.82 Å². The quantitative estimate of drug-likeness (QED) is 0.242. The van der Waals surface area contributed by atoms with E-state index in [9.17, 15) is 4.39 Å². The second-order valence-corrected chi connectivity index (χ2v) is 7.65. The first-order valence-corrected chi connectivity index (χ1v) is 10.7. The van der Waals surface area contributed by atoms with Crippen molar-refractivity contribution in [3.05, 3.63) is 70.2 Å². The number of aryl methyl sites for hydroxylation is 1. The van der Waals surface area contributed by atoms with E-state index in [1.54, 1.807) is 29.8 Å². The van der Waals surface area contributed by atoms with Gasteiger partial charge in [-0.05, 0) is 36.4 Å². The minimum Gasteiger partial charge on any atom is -0.355 e. The fourth-order valence-corrected chi connectivity index (χ4v) is 3.72. The average Bonchev–Trinajstić information content (AvgIpc) is 3.41. The molecule has 1 unspecified atom stereocenters. The van der Waals surface area contributed by atoms with E-state index in [1.807, 2.05) is 16.7 Å². The maximum atomic E-state index is 13.8. The van der Waals surface area contributed by atoms with E-state index in [0.717, 1.165) is 18.8 Å². The van der Waals surface area contributed by atoms with Gasteiger partial charge in [0, 0.05) is 30.9 Å². The molecule has 2 aromatic heterocycles. The number of benzene rings is 1. The van der Waals surface area contributed by atoms with Gasteiger partial charge in [0.15, 0.2) is 5.96 Å². The van der Waals surface area contributed by atoms with Gasteiger partial charge in [0.1, 0.15) is 18.0 Å². The summed E-state index contributed by atoms with van der Waals surface area (Å²) in [6.45, 7) is 6.11. The van der Waals surface area contributed by atoms with Crippen LogP contribution in [0.5, 0.6) is 0 Å². The van der Waals surface area contributed by atoms with Crippen LogP contribution in [0.25, 0.3) is 0 Å². The Morgan fingerprint density at radius 1 is 1.27 bits per heavy atom. The molecule has 162 valence electrons. The van der Waals surface area contributed by atoms with E-state index in [2.05, 4.69) is 51.1 Å². The molecule has 9 heteroatoms. The van der Waals surface area contributed by atoms with Crippen LogP contribution in [0.4, 0.5) is 4.39 Å². The van der Waals surface area contributed by atoms with Crippen molar-refractivity contribution in [3.8, 4) is 0 Å². The van der Waals surface area contributed by atoms with Gasteiger partial charge in [-0.3, -0.25) is 4.99 Å². The molecule has 0 spiro atoms. The summed E-state index contributed by atoms with van der Waals surface area (Å²) < 4.78 is 15.9. The third kappa shape index (κ3) is 7.05. The van der Waals surface area contributed by atoms with E-state index < -0.39 is 0 Å². The predicted molar refractivity (Wildman–Crippen MR) is 131 cm³/mol. The summed E-state index contributed by atoms with van der Waals surface area (Å²) in [6.07, 6.45) is 3.15. The molecule has 0 aliphatic rings. The third-order valence-corrected chi connectivity index (χ3v) is 5.64. The molecule has 2 N–H and O–H groups in total. The number of rotatable bonds is 9. The van der Waals surface area contributed by atoms with Gasteiger partial charge in [0.25, 0.3) is 0 Å². The van der Waals surface area contributed by atoms with Crippen molar-refractivity contribution in [1.82, 2.24) is 25.4 Å². The Morgan fingerprint density at radius 2 is 2.10 bits per heavy atom. The van der Waals surface area contributed by atoms with Crippen molar-refractivity contribution < 1.29 is 4.39 Å². The molecule has 1 atom stereocenters. The van der Waals surface area contributed by atoms with Crippen molar-refractivity contribution in [3.63, 3.8) is 0 Å². The standard InChI is InChI=1S/C21H27FN6S.HI/c1-3-20-27-25-15-28(20)13-12-24-21(26-16(2)19-9-6-14-29-19)23-11-10-17-7-4-5-8-18(17)22;/h4-9,14-16H,3,10-13H2,1-2H3,(H2,23,24,26);1H.